The van der Waals surface area contributed by atoms with Crippen molar-refractivity contribution in [3.63, 3.8) is 0 Å². The van der Waals surface area contributed by atoms with Crippen LogP contribution in [0.4, 0.5) is 10.1 Å². The Morgan fingerprint density at radius 2 is 1.59 bits per heavy atom. The Bertz CT molecular complexity index is 564. The van der Waals surface area contributed by atoms with Crippen LogP contribution in [0.1, 0.15) is 10.4 Å². The van der Waals surface area contributed by atoms with Gasteiger partial charge in [-0.25, -0.2) is 4.39 Å². The maximum Gasteiger partial charge on any atom is 0.250 e. The Labute approximate surface area is 97.9 Å². The van der Waals surface area contributed by atoms with E-state index in [1.165, 1.54) is 12.1 Å². The molecule has 86 valence electrons. The minimum Gasteiger partial charge on any atom is -0.398 e. The maximum absolute atomic E-state index is 12.8. The number of carbonyl (C=O) groups is 1. The standard InChI is InChI=1S/C13H11FN2O/c14-10-4-1-8(2-5-10)9-3-6-11(13(16)17)12(15)7-9/h1-7H,15H2,(H2,16,17). The molecular formula is C13H11FN2O. The summed E-state index contributed by atoms with van der Waals surface area (Å²) in [6.07, 6.45) is 0. The zero-order valence-electron chi connectivity index (χ0n) is 8.98. The van der Waals surface area contributed by atoms with Gasteiger partial charge in [0.1, 0.15) is 5.82 Å². The lowest BCUT2D eigenvalue weighted by molar-refractivity contribution is 0.100. The average molecular weight is 230 g/mol. The van der Waals surface area contributed by atoms with Gasteiger partial charge in [-0.05, 0) is 35.4 Å². The van der Waals surface area contributed by atoms with E-state index in [-0.39, 0.29) is 11.4 Å². The Hall–Kier alpha value is -2.36. The fourth-order valence-electron chi connectivity index (χ4n) is 1.61. The number of nitrogens with two attached hydrogens (primary N) is 2. The second kappa shape index (κ2) is 4.25. The van der Waals surface area contributed by atoms with Crippen LogP contribution in [-0.2, 0) is 0 Å². The quantitative estimate of drug-likeness (QED) is 0.776. The molecule has 2 aromatic carbocycles. The van der Waals surface area contributed by atoms with E-state index in [0.29, 0.717) is 5.69 Å². The first-order valence-electron chi connectivity index (χ1n) is 5.03. The molecule has 4 heteroatoms. The highest BCUT2D eigenvalue weighted by Gasteiger charge is 2.07. The third-order valence-corrected chi connectivity index (χ3v) is 2.49. The second-order valence-corrected chi connectivity index (χ2v) is 3.67. The van der Waals surface area contributed by atoms with E-state index in [4.69, 9.17) is 11.5 Å². The van der Waals surface area contributed by atoms with Crippen molar-refractivity contribution in [2.45, 2.75) is 0 Å². The van der Waals surface area contributed by atoms with Gasteiger partial charge in [0.2, 0.25) is 0 Å². The van der Waals surface area contributed by atoms with Crippen molar-refractivity contribution in [1.82, 2.24) is 0 Å². The van der Waals surface area contributed by atoms with Gasteiger partial charge in [-0.2, -0.15) is 0 Å². The van der Waals surface area contributed by atoms with Crippen LogP contribution in [-0.4, -0.2) is 5.91 Å². The van der Waals surface area contributed by atoms with Gasteiger partial charge < -0.3 is 11.5 Å². The predicted octanol–water partition coefficient (Wildman–Crippen LogP) is 2.17. The van der Waals surface area contributed by atoms with Crippen molar-refractivity contribution < 1.29 is 9.18 Å². The first kappa shape index (κ1) is 11.1. The number of hydrogen-bond acceptors (Lipinski definition) is 2. The van der Waals surface area contributed by atoms with Crippen molar-refractivity contribution in [1.29, 1.82) is 0 Å². The van der Waals surface area contributed by atoms with E-state index < -0.39 is 5.91 Å². The minimum atomic E-state index is -0.562. The summed E-state index contributed by atoms with van der Waals surface area (Å²) in [4.78, 5) is 11.0. The predicted molar refractivity (Wildman–Crippen MR) is 64.8 cm³/mol. The molecule has 4 N–H and O–H groups in total. The van der Waals surface area contributed by atoms with Crippen LogP contribution in [0.25, 0.3) is 11.1 Å². The molecule has 0 aliphatic rings. The normalized spacial score (nSPS) is 10.2. The van der Waals surface area contributed by atoms with Gasteiger partial charge in [0.15, 0.2) is 0 Å². The zero-order valence-corrected chi connectivity index (χ0v) is 8.98. The Morgan fingerprint density at radius 1 is 1.00 bits per heavy atom. The SMILES string of the molecule is NC(=O)c1ccc(-c2ccc(F)cc2)cc1N. The third-order valence-electron chi connectivity index (χ3n) is 2.49. The fourth-order valence-corrected chi connectivity index (χ4v) is 1.61. The summed E-state index contributed by atoms with van der Waals surface area (Å²) in [5.74, 6) is -0.858. The molecule has 3 nitrogen and oxygen atoms in total. The number of hydrogen-bond donors (Lipinski definition) is 2. The zero-order chi connectivity index (χ0) is 12.4. The van der Waals surface area contributed by atoms with Gasteiger partial charge in [0, 0.05) is 5.69 Å². The van der Waals surface area contributed by atoms with Crippen LogP contribution in [0, 0.1) is 5.82 Å². The first-order chi connectivity index (χ1) is 8.08. The molecule has 0 unspecified atom stereocenters. The summed E-state index contributed by atoms with van der Waals surface area (Å²) < 4.78 is 12.8. The highest BCUT2D eigenvalue weighted by atomic mass is 19.1. The molecular weight excluding hydrogens is 219 g/mol. The number of anilines is 1. The Balaban J connectivity index is 2.44. The lowest BCUT2D eigenvalue weighted by Crippen LogP contribution is -2.13. The summed E-state index contributed by atoms with van der Waals surface area (Å²) in [6, 6.07) is 11.0. The van der Waals surface area contributed by atoms with E-state index in [1.54, 1.807) is 30.3 Å². The number of amides is 1. The number of rotatable bonds is 2. The van der Waals surface area contributed by atoms with Crippen LogP contribution < -0.4 is 11.5 Å². The summed E-state index contributed by atoms with van der Waals surface area (Å²) in [5, 5.41) is 0. The van der Waals surface area contributed by atoms with Crippen LogP contribution >= 0.6 is 0 Å². The van der Waals surface area contributed by atoms with Crippen molar-refractivity contribution in [3.05, 3.63) is 53.8 Å². The molecule has 0 saturated carbocycles. The lowest BCUT2D eigenvalue weighted by Gasteiger charge is -2.06. The third kappa shape index (κ3) is 2.25. The number of benzene rings is 2. The molecule has 0 radical (unpaired) electrons. The molecule has 0 saturated heterocycles. The fraction of sp³-hybridized carbons (Fsp3) is 0. The van der Waals surface area contributed by atoms with E-state index >= 15 is 0 Å². The highest BCUT2D eigenvalue weighted by Crippen LogP contribution is 2.24. The number of carbonyl (C=O) groups excluding carboxylic acids is 1. The topological polar surface area (TPSA) is 69.1 Å². The number of nitrogen functional groups attached to an aromatic ring is 1. The minimum absolute atomic E-state index is 0.288. The molecule has 0 heterocycles. The van der Waals surface area contributed by atoms with E-state index in [0.717, 1.165) is 11.1 Å². The van der Waals surface area contributed by atoms with Crippen molar-refractivity contribution in [2.75, 3.05) is 5.73 Å². The molecule has 0 spiro atoms. The molecule has 2 aromatic rings. The lowest BCUT2D eigenvalue weighted by atomic mass is 10.0. The molecule has 0 atom stereocenters. The van der Waals surface area contributed by atoms with Gasteiger partial charge >= 0.3 is 0 Å². The largest absolute Gasteiger partial charge is 0.398 e. The molecule has 2 rings (SSSR count). The van der Waals surface area contributed by atoms with Crippen molar-refractivity contribution >= 4 is 11.6 Å². The van der Waals surface area contributed by atoms with E-state index in [9.17, 15) is 9.18 Å². The Kier molecular flexibility index (Phi) is 2.78. The maximum atomic E-state index is 12.8. The van der Waals surface area contributed by atoms with Crippen LogP contribution in [0.5, 0.6) is 0 Å². The van der Waals surface area contributed by atoms with E-state index in [1.807, 2.05) is 0 Å². The summed E-state index contributed by atoms with van der Waals surface area (Å²) in [6.45, 7) is 0. The highest BCUT2D eigenvalue weighted by molar-refractivity contribution is 5.98. The van der Waals surface area contributed by atoms with Crippen molar-refractivity contribution in [3.8, 4) is 11.1 Å². The molecule has 17 heavy (non-hydrogen) atoms. The molecule has 0 aliphatic carbocycles. The summed E-state index contributed by atoms with van der Waals surface area (Å²) in [7, 11) is 0. The molecule has 0 aromatic heterocycles. The molecule has 0 aliphatic heterocycles. The van der Waals surface area contributed by atoms with Gasteiger partial charge in [0.25, 0.3) is 5.91 Å². The summed E-state index contributed by atoms with van der Waals surface area (Å²) >= 11 is 0. The Morgan fingerprint density at radius 3 is 2.12 bits per heavy atom. The number of halogens is 1. The van der Waals surface area contributed by atoms with Gasteiger partial charge in [-0.3, -0.25) is 4.79 Å². The summed E-state index contributed by atoms with van der Waals surface area (Å²) in [5.41, 5.74) is 13.1. The number of primary amides is 1. The van der Waals surface area contributed by atoms with Crippen LogP contribution in [0.3, 0.4) is 0 Å². The molecule has 0 fully saturated rings. The molecule has 1 amide bonds. The van der Waals surface area contributed by atoms with Crippen LogP contribution in [0.2, 0.25) is 0 Å². The average Bonchev–Trinajstić information content (AvgIpc) is 2.29. The van der Waals surface area contributed by atoms with Crippen molar-refractivity contribution in [2.24, 2.45) is 5.73 Å². The van der Waals surface area contributed by atoms with Crippen LogP contribution in [0.15, 0.2) is 42.5 Å². The molecule has 0 bridgehead atoms. The first-order valence-corrected chi connectivity index (χ1v) is 5.03. The second-order valence-electron chi connectivity index (χ2n) is 3.67. The van der Waals surface area contributed by atoms with Gasteiger partial charge in [0.05, 0.1) is 5.56 Å². The van der Waals surface area contributed by atoms with E-state index in [2.05, 4.69) is 0 Å². The van der Waals surface area contributed by atoms with Gasteiger partial charge in [-0.1, -0.05) is 18.2 Å². The smallest absolute Gasteiger partial charge is 0.250 e. The van der Waals surface area contributed by atoms with Gasteiger partial charge in [-0.15, -0.1) is 0 Å². The monoisotopic (exact) mass is 230 g/mol.